The first-order valence-electron chi connectivity index (χ1n) is 10.8. The minimum atomic E-state index is -0.463. The molecule has 9 heteroatoms. The van der Waals surface area contributed by atoms with Crippen LogP contribution >= 0.6 is 0 Å². The molecule has 1 saturated heterocycles. The maximum atomic E-state index is 10.6. The van der Waals surface area contributed by atoms with E-state index in [2.05, 4.69) is 15.2 Å². The highest BCUT2D eigenvalue weighted by atomic mass is 16.5. The fraction of sp³-hybridized carbons (Fsp3) is 0.571. The number of aryl methyl sites for hydroxylation is 2. The molecule has 1 atom stereocenters. The summed E-state index contributed by atoms with van der Waals surface area (Å²) in [5, 5.41) is 18.9. The van der Waals surface area contributed by atoms with Gasteiger partial charge in [0, 0.05) is 62.9 Å². The van der Waals surface area contributed by atoms with Gasteiger partial charge >= 0.3 is 0 Å². The number of anilines is 1. The Labute approximate surface area is 175 Å². The molecule has 0 amide bonds. The number of hydrogen-bond acceptors (Lipinski definition) is 7. The molecule has 1 fully saturated rings. The van der Waals surface area contributed by atoms with Crippen molar-refractivity contribution in [1.29, 1.82) is 0 Å². The maximum Gasteiger partial charge on any atom is 0.160 e. The van der Waals surface area contributed by atoms with Crippen LogP contribution in [0.15, 0.2) is 18.5 Å². The third kappa shape index (κ3) is 3.80. The van der Waals surface area contributed by atoms with Crippen molar-refractivity contribution in [3.8, 4) is 11.5 Å². The lowest BCUT2D eigenvalue weighted by molar-refractivity contribution is 0.0171. The Kier molecular flexibility index (Phi) is 5.41. The Morgan fingerprint density at radius 2 is 2.07 bits per heavy atom. The second kappa shape index (κ2) is 8.33. The van der Waals surface area contributed by atoms with Gasteiger partial charge in [0.05, 0.1) is 19.3 Å². The predicted molar refractivity (Wildman–Crippen MR) is 114 cm³/mol. The quantitative estimate of drug-likeness (QED) is 0.628. The van der Waals surface area contributed by atoms with Gasteiger partial charge in [0.1, 0.15) is 11.5 Å². The summed E-state index contributed by atoms with van der Waals surface area (Å²) in [6, 6.07) is 1.99. The average Bonchev–Trinajstić information content (AvgIpc) is 3.37. The van der Waals surface area contributed by atoms with E-state index < -0.39 is 6.10 Å². The van der Waals surface area contributed by atoms with Crippen LogP contribution in [-0.2, 0) is 24.6 Å². The number of imidazole rings is 1. The summed E-state index contributed by atoms with van der Waals surface area (Å²) in [5.74, 6) is 1.77. The lowest BCUT2D eigenvalue weighted by atomic mass is 9.96. The molecule has 0 bridgehead atoms. The smallest absolute Gasteiger partial charge is 0.160 e. The summed E-state index contributed by atoms with van der Waals surface area (Å²) < 4.78 is 9.24. The topological polar surface area (TPSA) is 92.7 Å². The molecule has 5 rings (SSSR count). The van der Waals surface area contributed by atoms with E-state index >= 15 is 0 Å². The number of ether oxygens (including phenoxy) is 1. The van der Waals surface area contributed by atoms with Crippen LogP contribution in [0, 0.1) is 0 Å². The van der Waals surface area contributed by atoms with Crippen LogP contribution in [0.3, 0.4) is 0 Å². The van der Waals surface area contributed by atoms with Crippen LogP contribution in [0.4, 0.5) is 5.82 Å². The van der Waals surface area contributed by atoms with E-state index in [0.29, 0.717) is 13.1 Å². The van der Waals surface area contributed by atoms with Crippen molar-refractivity contribution in [1.82, 2.24) is 29.0 Å². The zero-order valence-electron chi connectivity index (χ0n) is 17.4. The summed E-state index contributed by atoms with van der Waals surface area (Å²) in [6.07, 6.45) is 7.51. The lowest BCUT2D eigenvalue weighted by Gasteiger charge is -2.29. The Morgan fingerprint density at radius 1 is 1.23 bits per heavy atom. The van der Waals surface area contributed by atoms with Gasteiger partial charge in [-0.25, -0.2) is 9.97 Å². The van der Waals surface area contributed by atoms with Gasteiger partial charge in [0.25, 0.3) is 0 Å². The third-order valence-electron chi connectivity index (χ3n) is 6.00. The first kappa shape index (κ1) is 19.5. The molecular weight excluding hydrogens is 382 g/mol. The van der Waals surface area contributed by atoms with Crippen molar-refractivity contribution in [3.63, 3.8) is 0 Å². The van der Waals surface area contributed by atoms with Gasteiger partial charge in [-0.05, 0) is 25.7 Å². The van der Waals surface area contributed by atoms with E-state index in [9.17, 15) is 5.11 Å². The number of β-amino-alcohol motifs (C(OH)–C–C–N with tert-alkyl or cyclic N) is 1. The Bertz CT molecular complexity index is 1020. The molecule has 0 spiro atoms. The van der Waals surface area contributed by atoms with Crippen LogP contribution in [0.1, 0.15) is 24.1 Å². The minimum Gasteiger partial charge on any atom is -0.390 e. The normalized spacial score (nSPS) is 18.5. The summed E-state index contributed by atoms with van der Waals surface area (Å²) in [7, 11) is 1.96. The number of hydrogen-bond donors (Lipinski definition) is 2. The number of aliphatic hydroxyl groups is 1. The highest BCUT2D eigenvalue weighted by Gasteiger charge is 2.22. The number of aromatic nitrogens is 5. The number of fused-ring (bicyclic) bond motifs is 2. The molecule has 4 heterocycles. The second-order valence-electron chi connectivity index (χ2n) is 8.20. The fourth-order valence-corrected chi connectivity index (χ4v) is 4.41. The summed E-state index contributed by atoms with van der Waals surface area (Å²) in [4.78, 5) is 11.6. The maximum absolute atomic E-state index is 10.6. The molecule has 2 N–H and O–H groups in total. The second-order valence-corrected chi connectivity index (χ2v) is 8.20. The van der Waals surface area contributed by atoms with Crippen LogP contribution in [0.5, 0.6) is 0 Å². The van der Waals surface area contributed by atoms with E-state index in [0.717, 1.165) is 80.7 Å². The van der Waals surface area contributed by atoms with Crippen molar-refractivity contribution in [2.24, 2.45) is 7.05 Å². The van der Waals surface area contributed by atoms with Gasteiger partial charge in [-0.1, -0.05) is 0 Å². The average molecular weight is 412 g/mol. The summed E-state index contributed by atoms with van der Waals surface area (Å²) in [5.41, 5.74) is 3.99. The van der Waals surface area contributed by atoms with Gasteiger partial charge in [0.15, 0.2) is 11.5 Å². The molecule has 1 aliphatic carbocycles. The molecule has 0 unspecified atom stereocenters. The largest absolute Gasteiger partial charge is 0.390 e. The molecule has 30 heavy (non-hydrogen) atoms. The molecule has 3 aromatic heterocycles. The van der Waals surface area contributed by atoms with Crippen molar-refractivity contribution in [2.45, 2.75) is 31.8 Å². The summed E-state index contributed by atoms with van der Waals surface area (Å²) >= 11 is 0. The Morgan fingerprint density at radius 3 is 2.87 bits per heavy atom. The number of aliphatic hydroxyl groups excluding tert-OH is 1. The van der Waals surface area contributed by atoms with Crippen LogP contribution < -0.4 is 5.32 Å². The highest BCUT2D eigenvalue weighted by Crippen LogP contribution is 2.29. The Balaban J connectivity index is 1.43. The van der Waals surface area contributed by atoms with Gasteiger partial charge in [-0.3, -0.25) is 4.90 Å². The molecule has 0 aromatic carbocycles. The van der Waals surface area contributed by atoms with E-state index in [4.69, 9.17) is 14.8 Å². The standard InChI is InChI=1S/C21H29N7O2/c1-26-7-6-22-21(26)18-12-19-24-17-5-3-2-4-16(17)20(28(19)25-18)23-13-15(29)14-27-8-10-30-11-9-27/h6-7,12,15,23,29H,2-5,8-11,13-14H2,1H3/t15-/m0/s1. The van der Waals surface area contributed by atoms with Gasteiger partial charge in [-0.2, -0.15) is 9.61 Å². The van der Waals surface area contributed by atoms with Crippen LogP contribution in [-0.4, -0.2) is 79.7 Å². The van der Waals surface area contributed by atoms with E-state index in [-0.39, 0.29) is 0 Å². The molecule has 160 valence electrons. The predicted octanol–water partition coefficient (Wildman–Crippen LogP) is 1.11. The van der Waals surface area contributed by atoms with E-state index in [1.165, 1.54) is 5.56 Å². The van der Waals surface area contributed by atoms with Gasteiger partial charge in [-0.15, -0.1) is 0 Å². The number of morpholine rings is 1. The Hall–Kier alpha value is -2.49. The number of nitrogens with one attached hydrogen (secondary N) is 1. The van der Waals surface area contributed by atoms with Crippen molar-refractivity contribution >= 4 is 11.5 Å². The fourth-order valence-electron chi connectivity index (χ4n) is 4.41. The summed E-state index contributed by atoms with van der Waals surface area (Å²) in [6.45, 7) is 4.34. The molecule has 2 aliphatic rings. The zero-order valence-corrected chi connectivity index (χ0v) is 17.4. The number of nitrogens with zero attached hydrogens (tertiary/aromatic N) is 6. The van der Waals surface area contributed by atoms with Crippen LogP contribution in [0.2, 0.25) is 0 Å². The minimum absolute atomic E-state index is 0.463. The van der Waals surface area contributed by atoms with Gasteiger partial charge in [0.2, 0.25) is 0 Å². The van der Waals surface area contributed by atoms with E-state index in [1.54, 1.807) is 6.20 Å². The molecule has 9 nitrogen and oxygen atoms in total. The first-order valence-corrected chi connectivity index (χ1v) is 10.8. The van der Waals surface area contributed by atoms with Gasteiger partial charge < -0.3 is 19.7 Å². The monoisotopic (exact) mass is 411 g/mol. The third-order valence-corrected chi connectivity index (χ3v) is 6.00. The highest BCUT2D eigenvalue weighted by molar-refractivity contribution is 5.63. The molecule has 1 aliphatic heterocycles. The lowest BCUT2D eigenvalue weighted by Crippen LogP contribution is -2.42. The molecular formula is C21H29N7O2. The van der Waals surface area contributed by atoms with Crippen molar-refractivity contribution in [3.05, 3.63) is 29.7 Å². The number of rotatable bonds is 6. The molecule has 3 aromatic rings. The van der Waals surface area contributed by atoms with E-state index in [1.807, 2.05) is 28.4 Å². The van der Waals surface area contributed by atoms with Crippen molar-refractivity contribution < 1.29 is 9.84 Å². The zero-order chi connectivity index (χ0) is 20.5. The molecule has 0 saturated carbocycles. The van der Waals surface area contributed by atoms with Crippen LogP contribution in [0.25, 0.3) is 17.2 Å². The van der Waals surface area contributed by atoms with Crippen molar-refractivity contribution in [2.75, 3.05) is 44.7 Å². The first-order chi connectivity index (χ1) is 14.7. The molecule has 0 radical (unpaired) electrons. The SMILES string of the molecule is Cn1ccnc1-c1cc2nc3c(c(NC[C@H](O)CN4CCOCC4)n2n1)CCCC3.